The second kappa shape index (κ2) is 7.38. The highest BCUT2D eigenvalue weighted by Gasteiger charge is 2.38. The summed E-state index contributed by atoms with van der Waals surface area (Å²) < 4.78 is 47.8. The molecule has 0 saturated carbocycles. The number of alkyl halides is 3. The lowest BCUT2D eigenvalue weighted by molar-refractivity contribution is -0.157. The Labute approximate surface area is 143 Å². The van der Waals surface area contributed by atoms with Crippen LogP contribution in [0.3, 0.4) is 0 Å². The highest BCUT2D eigenvalue weighted by molar-refractivity contribution is 5.23. The summed E-state index contributed by atoms with van der Waals surface area (Å²) >= 11 is 0. The molecule has 0 spiro atoms. The number of piperidine rings is 1. The second-order valence-corrected chi connectivity index (χ2v) is 6.15. The molecule has 0 aliphatic carbocycles. The highest BCUT2D eigenvalue weighted by Crippen LogP contribution is 2.28. The maximum absolute atomic E-state index is 12.5. The summed E-state index contributed by atoms with van der Waals surface area (Å²) in [7, 11) is 0. The fourth-order valence-electron chi connectivity index (χ4n) is 2.75. The lowest BCUT2D eigenvalue weighted by atomic mass is 9.98. The van der Waals surface area contributed by atoms with Gasteiger partial charge in [-0.2, -0.15) is 13.2 Å². The van der Waals surface area contributed by atoms with E-state index in [9.17, 15) is 13.2 Å². The number of nitrogens with zero attached hydrogens (tertiary/aromatic N) is 4. The molecular weight excluding hydrogens is 337 g/mol. The molecule has 0 aromatic carbocycles. The van der Waals surface area contributed by atoms with Gasteiger partial charge < -0.3 is 9.15 Å². The summed E-state index contributed by atoms with van der Waals surface area (Å²) in [5.41, 5.74) is 0.997. The number of pyridine rings is 1. The van der Waals surface area contributed by atoms with Crippen LogP contribution >= 0.6 is 0 Å². The minimum atomic E-state index is -4.60. The van der Waals surface area contributed by atoms with E-state index in [1.807, 2.05) is 24.0 Å². The smallest absolute Gasteiger partial charge is 0.470 e. The van der Waals surface area contributed by atoms with Crippen molar-refractivity contribution in [3.8, 4) is 5.88 Å². The molecule has 0 N–H and O–H groups in total. The number of aromatic nitrogens is 3. The van der Waals surface area contributed by atoms with Gasteiger partial charge in [-0.3, -0.25) is 4.90 Å². The first-order chi connectivity index (χ1) is 11.9. The van der Waals surface area contributed by atoms with Crippen molar-refractivity contribution in [1.29, 1.82) is 0 Å². The fraction of sp³-hybridized carbons (Fsp3) is 0.562. The maximum Gasteiger partial charge on any atom is 0.470 e. The first-order valence-electron chi connectivity index (χ1n) is 8.08. The number of aryl methyl sites for hydroxylation is 1. The van der Waals surface area contributed by atoms with Crippen LogP contribution < -0.4 is 4.74 Å². The van der Waals surface area contributed by atoms with Crippen LogP contribution in [0.1, 0.15) is 30.2 Å². The Hall–Kier alpha value is -2.16. The fourth-order valence-corrected chi connectivity index (χ4v) is 2.75. The largest absolute Gasteiger partial charge is 0.477 e. The summed E-state index contributed by atoms with van der Waals surface area (Å²) in [5.74, 6) is -0.260. The summed E-state index contributed by atoms with van der Waals surface area (Å²) in [6.45, 7) is 4.27. The topological polar surface area (TPSA) is 64.3 Å². The van der Waals surface area contributed by atoms with Crippen molar-refractivity contribution in [2.75, 3.05) is 19.7 Å². The Morgan fingerprint density at radius 1 is 1.28 bits per heavy atom. The average molecular weight is 356 g/mol. The van der Waals surface area contributed by atoms with E-state index in [0.717, 1.165) is 31.5 Å². The molecule has 1 saturated heterocycles. The molecular formula is C16H19F3N4O2. The normalized spacial score (nSPS) is 17.0. The monoisotopic (exact) mass is 356 g/mol. The molecule has 3 rings (SSSR count). The van der Waals surface area contributed by atoms with Crippen molar-refractivity contribution in [3.05, 3.63) is 35.7 Å². The molecule has 3 heterocycles. The van der Waals surface area contributed by atoms with Gasteiger partial charge in [-0.05, 0) is 44.8 Å². The van der Waals surface area contributed by atoms with E-state index in [4.69, 9.17) is 4.74 Å². The molecule has 2 aromatic rings. The van der Waals surface area contributed by atoms with Gasteiger partial charge in [-0.25, -0.2) is 4.98 Å². The third kappa shape index (κ3) is 4.68. The molecule has 1 aliphatic rings. The van der Waals surface area contributed by atoms with Gasteiger partial charge in [0.25, 0.3) is 0 Å². The van der Waals surface area contributed by atoms with E-state index in [1.165, 1.54) is 0 Å². The summed E-state index contributed by atoms with van der Waals surface area (Å²) in [6, 6.07) is 3.81. The van der Waals surface area contributed by atoms with Gasteiger partial charge in [-0.1, -0.05) is 6.07 Å². The van der Waals surface area contributed by atoms with E-state index in [-0.39, 0.29) is 12.4 Å². The number of rotatable bonds is 5. The van der Waals surface area contributed by atoms with Crippen molar-refractivity contribution in [2.24, 2.45) is 5.92 Å². The Morgan fingerprint density at radius 3 is 2.68 bits per heavy atom. The van der Waals surface area contributed by atoms with Crippen molar-refractivity contribution in [2.45, 2.75) is 32.5 Å². The van der Waals surface area contributed by atoms with Crippen molar-refractivity contribution in [3.63, 3.8) is 0 Å². The molecule has 0 amide bonds. The van der Waals surface area contributed by atoms with Crippen LogP contribution in [0.15, 0.2) is 22.7 Å². The standard InChI is InChI=1S/C16H19F3N4O2/c1-11-3-2-6-20-14(11)24-10-12-4-7-23(8-5-12)9-13-21-22-15(25-13)16(17,18)19/h2-3,6,12H,4-5,7-10H2,1H3. The van der Waals surface area contributed by atoms with Gasteiger partial charge in [0.05, 0.1) is 13.2 Å². The maximum atomic E-state index is 12.5. The zero-order valence-corrected chi connectivity index (χ0v) is 13.8. The summed E-state index contributed by atoms with van der Waals surface area (Å²) in [5, 5.41) is 6.51. The predicted molar refractivity (Wildman–Crippen MR) is 81.8 cm³/mol. The lowest BCUT2D eigenvalue weighted by Gasteiger charge is -2.30. The van der Waals surface area contributed by atoms with Crippen LogP contribution in [-0.4, -0.2) is 39.8 Å². The minimum absolute atomic E-state index is 0.00821. The molecule has 0 radical (unpaired) electrons. The van der Waals surface area contributed by atoms with E-state index >= 15 is 0 Å². The Balaban J connectivity index is 1.44. The summed E-state index contributed by atoms with van der Waals surface area (Å²) in [6.07, 6.45) is -1.11. The van der Waals surface area contributed by atoms with Crippen molar-refractivity contribution in [1.82, 2.24) is 20.1 Å². The number of hydrogen-bond acceptors (Lipinski definition) is 6. The van der Waals surface area contributed by atoms with E-state index in [1.54, 1.807) is 6.20 Å². The van der Waals surface area contributed by atoms with Crippen LogP contribution in [-0.2, 0) is 12.7 Å². The lowest BCUT2D eigenvalue weighted by Crippen LogP contribution is -2.35. The van der Waals surface area contributed by atoms with Gasteiger partial charge in [0.15, 0.2) is 0 Å². The van der Waals surface area contributed by atoms with Crippen LogP contribution in [0, 0.1) is 12.8 Å². The average Bonchev–Trinajstić information content (AvgIpc) is 3.04. The number of ether oxygens (including phenoxy) is 1. The Bertz CT molecular complexity index is 697. The molecule has 0 atom stereocenters. The number of likely N-dealkylation sites (tertiary alicyclic amines) is 1. The van der Waals surface area contributed by atoms with Crippen LogP contribution in [0.5, 0.6) is 5.88 Å². The molecule has 0 unspecified atom stereocenters. The number of hydrogen-bond donors (Lipinski definition) is 0. The zero-order valence-electron chi connectivity index (χ0n) is 13.8. The molecule has 6 nitrogen and oxygen atoms in total. The third-order valence-electron chi connectivity index (χ3n) is 4.19. The molecule has 9 heteroatoms. The van der Waals surface area contributed by atoms with Gasteiger partial charge >= 0.3 is 12.1 Å². The van der Waals surface area contributed by atoms with E-state index in [2.05, 4.69) is 19.6 Å². The minimum Gasteiger partial charge on any atom is -0.477 e. The van der Waals surface area contributed by atoms with Gasteiger partial charge in [0.2, 0.25) is 11.8 Å². The number of halogens is 3. The Kier molecular flexibility index (Phi) is 5.22. The van der Waals surface area contributed by atoms with E-state index < -0.39 is 12.1 Å². The van der Waals surface area contributed by atoms with Gasteiger partial charge in [-0.15, -0.1) is 10.2 Å². The van der Waals surface area contributed by atoms with E-state index in [0.29, 0.717) is 18.4 Å². The second-order valence-electron chi connectivity index (χ2n) is 6.15. The molecule has 2 aromatic heterocycles. The quantitative estimate of drug-likeness (QED) is 0.820. The highest BCUT2D eigenvalue weighted by atomic mass is 19.4. The first-order valence-corrected chi connectivity index (χ1v) is 8.08. The first kappa shape index (κ1) is 17.7. The molecule has 0 bridgehead atoms. The molecule has 1 aliphatic heterocycles. The van der Waals surface area contributed by atoms with Crippen LogP contribution in [0.25, 0.3) is 0 Å². The van der Waals surface area contributed by atoms with Crippen molar-refractivity contribution < 1.29 is 22.3 Å². The third-order valence-corrected chi connectivity index (χ3v) is 4.19. The predicted octanol–water partition coefficient (Wildman–Crippen LogP) is 3.08. The molecule has 25 heavy (non-hydrogen) atoms. The zero-order chi connectivity index (χ0) is 17.9. The van der Waals surface area contributed by atoms with Crippen molar-refractivity contribution >= 4 is 0 Å². The molecule has 136 valence electrons. The van der Waals surface area contributed by atoms with Crippen LogP contribution in [0.2, 0.25) is 0 Å². The summed E-state index contributed by atoms with van der Waals surface area (Å²) in [4.78, 5) is 6.21. The van der Waals surface area contributed by atoms with Gasteiger partial charge in [0, 0.05) is 11.8 Å². The van der Waals surface area contributed by atoms with Gasteiger partial charge in [0.1, 0.15) is 0 Å². The molecule has 1 fully saturated rings. The SMILES string of the molecule is Cc1cccnc1OCC1CCN(Cc2nnc(C(F)(F)F)o2)CC1. The Morgan fingerprint density at radius 2 is 2.04 bits per heavy atom. The van der Waals surface area contributed by atoms with Crippen LogP contribution in [0.4, 0.5) is 13.2 Å².